The molecule has 0 bridgehead atoms. The van der Waals surface area contributed by atoms with E-state index in [1.165, 1.54) is 24.8 Å². The van der Waals surface area contributed by atoms with Crippen LogP contribution in [0.5, 0.6) is 0 Å². The molecular formula is C31H28ClN5O2. The number of nitrogens with zero attached hydrogens (tertiary/aromatic N) is 5. The van der Waals surface area contributed by atoms with Crippen molar-refractivity contribution in [3.8, 4) is 22.9 Å². The van der Waals surface area contributed by atoms with Gasteiger partial charge in [0.05, 0.1) is 0 Å². The summed E-state index contributed by atoms with van der Waals surface area (Å²) in [5.74, 6) is 2.21. The molecule has 0 aliphatic carbocycles. The van der Waals surface area contributed by atoms with Crippen LogP contribution in [0.25, 0.3) is 45.4 Å². The summed E-state index contributed by atoms with van der Waals surface area (Å²) < 4.78 is 11.5. The first kappa shape index (κ1) is 25.1. The molecule has 0 radical (unpaired) electrons. The minimum atomic E-state index is 0.407. The lowest BCUT2D eigenvalue weighted by atomic mass is 10.1. The standard InChI is InChI=1S/C18H19N3O.C13H9ClN2O/c1-13-6-5-7-14(12-13)17-19-15-8-9-16(20-18(15)22-17)21-10-3-2-4-11-21;1-8-3-2-4-9(7-8)12-15-10-5-6-11(14)16-13(10)17-12/h5-9,12H,2-4,10-11H2,1H3;2-7H,1H3. The molecule has 7 nitrogen and oxygen atoms in total. The van der Waals surface area contributed by atoms with E-state index < -0.39 is 0 Å². The molecule has 1 aliphatic rings. The van der Waals surface area contributed by atoms with Crippen LogP contribution in [-0.4, -0.2) is 33.0 Å². The van der Waals surface area contributed by atoms with Crippen LogP contribution in [0.4, 0.5) is 5.82 Å². The molecule has 0 spiro atoms. The first-order valence-electron chi connectivity index (χ1n) is 13.1. The maximum absolute atomic E-state index is 5.89. The van der Waals surface area contributed by atoms with Crippen LogP contribution in [0.15, 0.2) is 81.6 Å². The molecule has 0 atom stereocenters. The van der Waals surface area contributed by atoms with Crippen LogP contribution in [-0.2, 0) is 0 Å². The van der Waals surface area contributed by atoms with E-state index >= 15 is 0 Å². The second-order valence-corrected chi connectivity index (χ2v) is 10.2. The Kier molecular flexibility index (Phi) is 6.99. The number of pyridine rings is 2. The number of oxazole rings is 2. The zero-order valence-electron chi connectivity index (χ0n) is 21.9. The second kappa shape index (κ2) is 10.9. The van der Waals surface area contributed by atoms with Gasteiger partial charge in [0.2, 0.25) is 23.2 Å². The Balaban J connectivity index is 0.000000147. The number of anilines is 1. The van der Waals surface area contributed by atoms with Crippen LogP contribution >= 0.6 is 11.6 Å². The molecule has 7 rings (SSSR count). The smallest absolute Gasteiger partial charge is 0.249 e. The fourth-order valence-electron chi connectivity index (χ4n) is 4.70. The molecule has 0 saturated carbocycles. The Hall–Kier alpha value is -4.23. The monoisotopic (exact) mass is 537 g/mol. The van der Waals surface area contributed by atoms with Crippen LogP contribution < -0.4 is 4.90 Å². The molecule has 196 valence electrons. The first-order valence-corrected chi connectivity index (χ1v) is 13.5. The van der Waals surface area contributed by atoms with Crippen molar-refractivity contribution in [2.24, 2.45) is 0 Å². The van der Waals surface area contributed by atoms with E-state index in [0.29, 0.717) is 33.9 Å². The quantitative estimate of drug-likeness (QED) is 0.211. The molecule has 39 heavy (non-hydrogen) atoms. The first-order chi connectivity index (χ1) is 19.0. The van der Waals surface area contributed by atoms with Crippen molar-refractivity contribution in [3.05, 3.63) is 89.1 Å². The lowest BCUT2D eigenvalue weighted by Crippen LogP contribution is -2.29. The Labute approximate surface area is 231 Å². The van der Waals surface area contributed by atoms with Gasteiger partial charge in [0, 0.05) is 24.2 Å². The van der Waals surface area contributed by atoms with Gasteiger partial charge < -0.3 is 13.7 Å². The molecule has 1 saturated heterocycles. The highest BCUT2D eigenvalue weighted by atomic mass is 35.5. The fourth-order valence-corrected chi connectivity index (χ4v) is 4.84. The second-order valence-electron chi connectivity index (χ2n) is 9.78. The lowest BCUT2D eigenvalue weighted by Gasteiger charge is -2.27. The van der Waals surface area contributed by atoms with Gasteiger partial charge in [0.1, 0.15) is 22.0 Å². The summed E-state index contributed by atoms with van der Waals surface area (Å²) >= 11 is 5.80. The predicted molar refractivity (Wildman–Crippen MR) is 155 cm³/mol. The summed E-state index contributed by atoms with van der Waals surface area (Å²) in [5, 5.41) is 0.407. The number of fused-ring (bicyclic) bond motifs is 2. The Bertz CT molecular complexity index is 1750. The van der Waals surface area contributed by atoms with Gasteiger partial charge in [-0.25, -0.2) is 9.97 Å². The van der Waals surface area contributed by atoms with E-state index in [-0.39, 0.29) is 0 Å². The van der Waals surface area contributed by atoms with Crippen molar-refractivity contribution in [1.82, 2.24) is 19.9 Å². The summed E-state index contributed by atoms with van der Waals surface area (Å²) in [6.07, 6.45) is 3.80. The molecule has 0 N–H and O–H groups in total. The number of aryl methyl sites for hydroxylation is 2. The average molecular weight is 538 g/mol. The van der Waals surface area contributed by atoms with Crippen molar-refractivity contribution in [3.63, 3.8) is 0 Å². The summed E-state index contributed by atoms with van der Waals surface area (Å²) in [5.41, 5.74) is 6.92. The van der Waals surface area contributed by atoms with Crippen molar-refractivity contribution >= 4 is 39.9 Å². The third-order valence-corrected chi connectivity index (χ3v) is 6.88. The minimum absolute atomic E-state index is 0.407. The third kappa shape index (κ3) is 5.64. The summed E-state index contributed by atoms with van der Waals surface area (Å²) in [4.78, 5) is 20.0. The number of hydrogen-bond donors (Lipinski definition) is 0. The molecule has 0 unspecified atom stereocenters. The summed E-state index contributed by atoms with van der Waals surface area (Å²) in [6.45, 7) is 6.26. The van der Waals surface area contributed by atoms with Gasteiger partial charge in [-0.15, -0.1) is 0 Å². The topological polar surface area (TPSA) is 81.1 Å². The molecule has 5 heterocycles. The van der Waals surface area contributed by atoms with Gasteiger partial charge >= 0.3 is 0 Å². The summed E-state index contributed by atoms with van der Waals surface area (Å²) in [6, 6.07) is 23.7. The Morgan fingerprint density at radius 3 is 1.79 bits per heavy atom. The highest BCUT2D eigenvalue weighted by Crippen LogP contribution is 2.27. The number of halogens is 1. The molecule has 2 aromatic carbocycles. The molecule has 4 aromatic heterocycles. The van der Waals surface area contributed by atoms with Gasteiger partial charge in [0.15, 0.2) is 0 Å². The van der Waals surface area contributed by atoms with E-state index in [2.05, 4.69) is 50.0 Å². The van der Waals surface area contributed by atoms with E-state index in [1.807, 2.05) is 49.4 Å². The van der Waals surface area contributed by atoms with Crippen LogP contribution in [0.3, 0.4) is 0 Å². The normalized spacial score (nSPS) is 13.5. The minimum Gasteiger partial charge on any atom is -0.418 e. The van der Waals surface area contributed by atoms with Crippen molar-refractivity contribution < 1.29 is 8.83 Å². The maximum Gasteiger partial charge on any atom is 0.249 e. The predicted octanol–water partition coefficient (Wildman–Crippen LogP) is 8.04. The third-order valence-electron chi connectivity index (χ3n) is 6.67. The highest BCUT2D eigenvalue weighted by molar-refractivity contribution is 6.29. The summed E-state index contributed by atoms with van der Waals surface area (Å²) in [7, 11) is 0. The molecule has 0 amide bonds. The number of rotatable bonds is 3. The van der Waals surface area contributed by atoms with Gasteiger partial charge in [0.25, 0.3) is 0 Å². The van der Waals surface area contributed by atoms with Crippen LogP contribution in [0, 0.1) is 13.8 Å². The van der Waals surface area contributed by atoms with Crippen molar-refractivity contribution in [2.45, 2.75) is 33.1 Å². The van der Waals surface area contributed by atoms with Crippen molar-refractivity contribution in [1.29, 1.82) is 0 Å². The molecule has 6 aromatic rings. The molecule has 1 fully saturated rings. The van der Waals surface area contributed by atoms with Gasteiger partial charge in [-0.1, -0.05) is 47.0 Å². The van der Waals surface area contributed by atoms with E-state index in [0.717, 1.165) is 41.1 Å². The largest absolute Gasteiger partial charge is 0.418 e. The van der Waals surface area contributed by atoms with E-state index in [4.69, 9.17) is 20.4 Å². The van der Waals surface area contributed by atoms with Gasteiger partial charge in [-0.05, 0) is 81.6 Å². The maximum atomic E-state index is 5.89. The number of aromatic nitrogens is 4. The number of piperidine rings is 1. The van der Waals surface area contributed by atoms with Gasteiger partial charge in [-0.3, -0.25) is 0 Å². The SMILES string of the molecule is Cc1cccc(-c2nc3ccc(Cl)nc3o2)c1.Cc1cccc(-c2nc3ccc(N4CCCCC4)nc3o2)c1. The fraction of sp³-hybridized carbons (Fsp3) is 0.226. The van der Waals surface area contributed by atoms with E-state index in [9.17, 15) is 0 Å². The number of hydrogen-bond acceptors (Lipinski definition) is 7. The van der Waals surface area contributed by atoms with Crippen LogP contribution in [0.2, 0.25) is 5.15 Å². The molecule has 1 aliphatic heterocycles. The Morgan fingerprint density at radius 1 is 0.641 bits per heavy atom. The van der Waals surface area contributed by atoms with Crippen molar-refractivity contribution in [2.75, 3.05) is 18.0 Å². The molecular weight excluding hydrogens is 510 g/mol. The van der Waals surface area contributed by atoms with Gasteiger partial charge in [-0.2, -0.15) is 9.97 Å². The average Bonchev–Trinajstić information content (AvgIpc) is 3.58. The Morgan fingerprint density at radius 2 is 1.21 bits per heavy atom. The van der Waals surface area contributed by atoms with E-state index in [1.54, 1.807) is 12.1 Å². The van der Waals surface area contributed by atoms with Crippen LogP contribution in [0.1, 0.15) is 30.4 Å². The highest BCUT2D eigenvalue weighted by Gasteiger charge is 2.15. The zero-order valence-corrected chi connectivity index (χ0v) is 22.7. The zero-order chi connectivity index (χ0) is 26.8. The lowest BCUT2D eigenvalue weighted by molar-refractivity contribution is 0.569. The molecule has 8 heteroatoms. The number of benzene rings is 2.